The van der Waals surface area contributed by atoms with Crippen molar-refractivity contribution in [2.45, 2.75) is 64.2 Å². The minimum Gasteiger partial charge on any atom is -0.478 e. The molecule has 132 valence electrons. The van der Waals surface area contributed by atoms with Gasteiger partial charge in [-0.2, -0.15) is 0 Å². The van der Waals surface area contributed by atoms with Crippen molar-refractivity contribution in [3.8, 4) is 0 Å². The van der Waals surface area contributed by atoms with Gasteiger partial charge < -0.3 is 9.84 Å². The van der Waals surface area contributed by atoms with Crippen LogP contribution in [0.4, 0.5) is 0 Å². The molecule has 1 saturated carbocycles. The normalized spacial score (nSPS) is 26.4. The number of hydrogen-bond acceptors (Lipinski definition) is 3. The van der Waals surface area contributed by atoms with E-state index in [0.29, 0.717) is 17.8 Å². The van der Waals surface area contributed by atoms with Gasteiger partial charge in [0.2, 0.25) is 0 Å². The summed E-state index contributed by atoms with van der Waals surface area (Å²) in [6.07, 6.45) is 8.13. The number of carboxylic acids is 1. The van der Waals surface area contributed by atoms with Crippen LogP contribution in [0.5, 0.6) is 0 Å². The number of aromatic carboxylic acids is 1. The van der Waals surface area contributed by atoms with Gasteiger partial charge in [-0.1, -0.05) is 19.1 Å². The summed E-state index contributed by atoms with van der Waals surface area (Å²) in [5.41, 5.74) is 1.45. The lowest BCUT2D eigenvalue weighted by molar-refractivity contribution is -0.0608. The molecule has 1 aromatic carbocycles. The van der Waals surface area contributed by atoms with Gasteiger partial charge in [0.1, 0.15) is 0 Å². The summed E-state index contributed by atoms with van der Waals surface area (Å²) < 4.78 is 6.33. The third-order valence-corrected chi connectivity index (χ3v) is 5.46. The van der Waals surface area contributed by atoms with E-state index < -0.39 is 5.97 Å². The van der Waals surface area contributed by atoms with Crippen molar-refractivity contribution in [1.82, 2.24) is 4.90 Å². The summed E-state index contributed by atoms with van der Waals surface area (Å²) in [7, 11) is 0. The van der Waals surface area contributed by atoms with Crippen LogP contribution in [-0.4, -0.2) is 41.3 Å². The summed E-state index contributed by atoms with van der Waals surface area (Å²) in [4.78, 5) is 13.5. The Morgan fingerprint density at radius 2 is 1.79 bits per heavy atom. The van der Waals surface area contributed by atoms with Crippen LogP contribution in [0, 0.1) is 5.92 Å². The highest BCUT2D eigenvalue weighted by Crippen LogP contribution is 2.28. The van der Waals surface area contributed by atoms with E-state index in [1.807, 2.05) is 12.1 Å². The predicted octanol–water partition coefficient (Wildman–Crippen LogP) is 3.94. The average molecular weight is 331 g/mol. The molecule has 0 amide bonds. The molecule has 0 unspecified atom stereocenters. The number of likely N-dealkylation sites (tertiary alicyclic amines) is 1. The van der Waals surface area contributed by atoms with Crippen LogP contribution >= 0.6 is 0 Å². The molecule has 1 aliphatic carbocycles. The maximum atomic E-state index is 11.1. The van der Waals surface area contributed by atoms with Gasteiger partial charge in [-0.3, -0.25) is 4.90 Å². The van der Waals surface area contributed by atoms with Crippen molar-refractivity contribution in [2.75, 3.05) is 13.1 Å². The van der Waals surface area contributed by atoms with Crippen molar-refractivity contribution < 1.29 is 14.6 Å². The van der Waals surface area contributed by atoms with Crippen molar-refractivity contribution in [1.29, 1.82) is 0 Å². The van der Waals surface area contributed by atoms with Crippen LogP contribution < -0.4 is 0 Å². The lowest BCUT2D eigenvalue weighted by atomic mass is 9.88. The van der Waals surface area contributed by atoms with Gasteiger partial charge in [0.25, 0.3) is 0 Å². The first-order chi connectivity index (χ1) is 11.6. The first-order valence-electron chi connectivity index (χ1n) is 9.30. The fraction of sp³-hybridized carbons (Fsp3) is 0.650. The van der Waals surface area contributed by atoms with E-state index >= 15 is 0 Å². The van der Waals surface area contributed by atoms with Gasteiger partial charge in [-0.25, -0.2) is 4.79 Å². The Morgan fingerprint density at radius 3 is 2.46 bits per heavy atom. The zero-order valence-corrected chi connectivity index (χ0v) is 14.6. The second kappa shape index (κ2) is 8.13. The summed E-state index contributed by atoms with van der Waals surface area (Å²) >= 11 is 0. The molecule has 0 bridgehead atoms. The standard InChI is InChI=1S/C20H29NO3/c1-15-5-7-18(8-6-15)24-19-9-11-21(12-10-19)14-16-3-2-4-17(13-16)20(22)23/h2-4,13,15,18-19H,5-12,14H2,1H3,(H,22,23). The van der Waals surface area contributed by atoms with E-state index in [4.69, 9.17) is 9.84 Å². The van der Waals surface area contributed by atoms with Gasteiger partial charge in [0, 0.05) is 19.6 Å². The molecule has 1 saturated heterocycles. The molecular formula is C20H29NO3. The third-order valence-electron chi connectivity index (χ3n) is 5.46. The molecule has 0 spiro atoms. The number of carbonyl (C=O) groups is 1. The number of nitrogens with zero attached hydrogens (tertiary/aromatic N) is 1. The first kappa shape index (κ1) is 17.4. The Morgan fingerprint density at radius 1 is 1.12 bits per heavy atom. The SMILES string of the molecule is CC1CCC(OC2CCN(Cc3cccc(C(=O)O)c3)CC2)CC1. The topological polar surface area (TPSA) is 49.8 Å². The fourth-order valence-electron chi connectivity index (χ4n) is 3.90. The van der Waals surface area contributed by atoms with Crippen LogP contribution in [0.2, 0.25) is 0 Å². The summed E-state index contributed by atoms with van der Waals surface area (Å²) in [6, 6.07) is 7.28. The zero-order valence-electron chi connectivity index (χ0n) is 14.6. The monoisotopic (exact) mass is 331 g/mol. The van der Waals surface area contributed by atoms with Crippen molar-refractivity contribution in [3.63, 3.8) is 0 Å². The summed E-state index contributed by atoms with van der Waals surface area (Å²) in [5.74, 6) is 0.0130. The van der Waals surface area contributed by atoms with Gasteiger partial charge in [-0.05, 0) is 62.1 Å². The maximum absolute atomic E-state index is 11.1. The van der Waals surface area contributed by atoms with Crippen molar-refractivity contribution in [3.05, 3.63) is 35.4 Å². The van der Waals surface area contributed by atoms with Crippen molar-refractivity contribution in [2.24, 2.45) is 5.92 Å². The Labute approximate surface area is 144 Å². The van der Waals surface area contributed by atoms with E-state index in [0.717, 1.165) is 44.0 Å². The molecule has 0 aromatic heterocycles. The first-order valence-corrected chi connectivity index (χ1v) is 9.30. The highest BCUT2D eigenvalue weighted by Gasteiger charge is 2.25. The van der Waals surface area contributed by atoms with E-state index in [1.54, 1.807) is 12.1 Å². The molecule has 4 nitrogen and oxygen atoms in total. The Balaban J connectivity index is 1.43. The van der Waals surface area contributed by atoms with Crippen LogP contribution in [-0.2, 0) is 11.3 Å². The smallest absolute Gasteiger partial charge is 0.335 e. The lowest BCUT2D eigenvalue weighted by Gasteiger charge is -2.35. The van der Waals surface area contributed by atoms with E-state index in [2.05, 4.69) is 11.8 Å². The molecule has 0 radical (unpaired) electrons. The average Bonchev–Trinajstić information content (AvgIpc) is 2.59. The van der Waals surface area contributed by atoms with Gasteiger partial charge >= 0.3 is 5.97 Å². The van der Waals surface area contributed by atoms with Gasteiger partial charge in [0.05, 0.1) is 17.8 Å². The van der Waals surface area contributed by atoms with Crippen LogP contribution in [0.15, 0.2) is 24.3 Å². The van der Waals surface area contributed by atoms with E-state index in [9.17, 15) is 4.79 Å². The minimum atomic E-state index is -0.856. The molecule has 3 rings (SSSR count). The predicted molar refractivity (Wildman–Crippen MR) is 94.2 cm³/mol. The zero-order chi connectivity index (χ0) is 16.9. The molecule has 1 aliphatic heterocycles. The number of rotatable bonds is 5. The molecule has 2 aliphatic rings. The lowest BCUT2D eigenvalue weighted by Crippen LogP contribution is -2.38. The van der Waals surface area contributed by atoms with E-state index in [-0.39, 0.29) is 0 Å². The third kappa shape index (κ3) is 4.81. The van der Waals surface area contributed by atoms with Gasteiger partial charge in [0.15, 0.2) is 0 Å². The number of carboxylic acid groups (broad SMARTS) is 1. The Kier molecular flexibility index (Phi) is 5.90. The molecule has 1 N–H and O–H groups in total. The molecule has 24 heavy (non-hydrogen) atoms. The molecular weight excluding hydrogens is 302 g/mol. The van der Waals surface area contributed by atoms with Crippen LogP contribution in [0.3, 0.4) is 0 Å². The van der Waals surface area contributed by atoms with Crippen LogP contribution in [0.25, 0.3) is 0 Å². The molecule has 2 fully saturated rings. The molecule has 4 heteroatoms. The quantitative estimate of drug-likeness (QED) is 0.888. The minimum absolute atomic E-state index is 0.372. The molecule has 1 aromatic rings. The molecule has 0 atom stereocenters. The van der Waals surface area contributed by atoms with E-state index in [1.165, 1.54) is 25.7 Å². The number of ether oxygens (including phenoxy) is 1. The second-order valence-corrected chi connectivity index (χ2v) is 7.50. The van der Waals surface area contributed by atoms with Crippen molar-refractivity contribution >= 4 is 5.97 Å². The second-order valence-electron chi connectivity index (χ2n) is 7.50. The largest absolute Gasteiger partial charge is 0.478 e. The molecule has 1 heterocycles. The number of piperidine rings is 1. The van der Waals surface area contributed by atoms with Crippen LogP contribution in [0.1, 0.15) is 61.4 Å². The maximum Gasteiger partial charge on any atom is 0.335 e. The number of benzene rings is 1. The summed E-state index contributed by atoms with van der Waals surface area (Å²) in [6.45, 7) is 5.24. The Bertz CT molecular complexity index is 544. The van der Waals surface area contributed by atoms with Gasteiger partial charge in [-0.15, -0.1) is 0 Å². The summed E-state index contributed by atoms with van der Waals surface area (Å²) in [5, 5.41) is 9.09. The number of hydrogen-bond donors (Lipinski definition) is 1. The fourth-order valence-corrected chi connectivity index (χ4v) is 3.90. The Hall–Kier alpha value is -1.39. The highest BCUT2D eigenvalue weighted by atomic mass is 16.5. The highest BCUT2D eigenvalue weighted by molar-refractivity contribution is 5.87.